The summed E-state index contributed by atoms with van der Waals surface area (Å²) in [4.78, 5) is 29.1. The fourth-order valence-electron chi connectivity index (χ4n) is 2.34. The summed E-state index contributed by atoms with van der Waals surface area (Å²) < 4.78 is 5.42. The molecule has 0 saturated heterocycles. The predicted octanol–water partition coefficient (Wildman–Crippen LogP) is 3.51. The van der Waals surface area contributed by atoms with Crippen LogP contribution in [-0.2, 0) is 0 Å². The van der Waals surface area contributed by atoms with Crippen molar-refractivity contribution in [2.45, 2.75) is 13.8 Å². The zero-order valence-electron chi connectivity index (χ0n) is 13.9. The molecule has 0 spiro atoms. The Kier molecular flexibility index (Phi) is 6.27. The van der Waals surface area contributed by atoms with E-state index in [9.17, 15) is 9.59 Å². The lowest BCUT2D eigenvalue weighted by Crippen LogP contribution is -2.39. The van der Waals surface area contributed by atoms with Gasteiger partial charge in [-0.1, -0.05) is 30.1 Å². The lowest BCUT2D eigenvalue weighted by Gasteiger charge is -2.23. The maximum atomic E-state index is 12.7. The largest absolute Gasteiger partial charge is 0.462 e. The van der Waals surface area contributed by atoms with Gasteiger partial charge in [0.2, 0.25) is 5.43 Å². The first-order valence-corrected chi connectivity index (χ1v) is 8.53. The number of likely N-dealkylation sites (N-methyl/N-ethyl adjacent to an activating group) is 2. The topological polar surface area (TPSA) is 53.8 Å². The first-order chi connectivity index (χ1) is 11.4. The zero-order valence-corrected chi connectivity index (χ0v) is 15.4. The molecule has 1 heterocycles. The number of carbonyl (C=O) groups is 1. The summed E-state index contributed by atoms with van der Waals surface area (Å²) in [5, 5.41) is 0.770. The molecule has 1 amide bonds. The highest BCUT2D eigenvalue weighted by Crippen LogP contribution is 2.26. The monoisotopic (exact) mass is 370 g/mol. The van der Waals surface area contributed by atoms with Crippen molar-refractivity contribution in [1.29, 1.82) is 0 Å². The molecule has 0 aliphatic carbocycles. The van der Waals surface area contributed by atoms with E-state index in [1.807, 2.05) is 20.9 Å². The van der Waals surface area contributed by atoms with Crippen LogP contribution >= 0.6 is 23.2 Å². The van der Waals surface area contributed by atoms with Gasteiger partial charge in [-0.3, -0.25) is 9.59 Å². The van der Waals surface area contributed by atoms with Crippen LogP contribution < -0.4 is 5.43 Å². The van der Waals surface area contributed by atoms with E-state index in [4.69, 9.17) is 27.6 Å². The Morgan fingerprint density at radius 2 is 1.88 bits per heavy atom. The molecule has 0 unspecified atom stereocenters. The van der Waals surface area contributed by atoms with Crippen molar-refractivity contribution in [3.05, 3.63) is 44.2 Å². The van der Waals surface area contributed by atoms with Gasteiger partial charge in [-0.2, -0.15) is 0 Å². The number of halogens is 2. The molecule has 0 aliphatic heterocycles. The maximum Gasteiger partial charge on any atom is 0.261 e. The average molecular weight is 371 g/mol. The van der Waals surface area contributed by atoms with E-state index in [0.29, 0.717) is 18.1 Å². The molecule has 1 aromatic carbocycles. The number of rotatable bonds is 6. The fraction of sp³-hybridized carbons (Fsp3) is 0.412. The molecule has 0 aliphatic rings. The number of fused-ring (bicyclic) bond motifs is 1. The predicted molar refractivity (Wildman–Crippen MR) is 97.3 cm³/mol. The highest BCUT2D eigenvalue weighted by Gasteiger charge is 2.21. The van der Waals surface area contributed by atoms with Gasteiger partial charge in [0, 0.05) is 24.7 Å². The molecular weight excluding hydrogens is 351 g/mol. The molecule has 2 aromatic rings. The first kappa shape index (κ1) is 18.8. The molecule has 130 valence electrons. The highest BCUT2D eigenvalue weighted by molar-refractivity contribution is 6.38. The summed E-state index contributed by atoms with van der Waals surface area (Å²) in [5.74, 6) is -0.353. The van der Waals surface area contributed by atoms with Crippen molar-refractivity contribution < 1.29 is 9.21 Å². The molecular formula is C17H20Cl2N2O3. The Hall–Kier alpha value is -1.56. The van der Waals surface area contributed by atoms with E-state index < -0.39 is 5.43 Å². The standard InChI is InChI=1S/C17H20Cl2N2O3/c1-4-20(3)6-7-21(5-2)17(23)13-10-24-16-12(15(13)22)8-11(18)9-14(16)19/h8-10H,4-7H2,1-3H3. The average Bonchev–Trinajstić information content (AvgIpc) is 2.55. The summed E-state index contributed by atoms with van der Waals surface area (Å²) in [7, 11) is 1.98. The van der Waals surface area contributed by atoms with Crippen molar-refractivity contribution in [3.63, 3.8) is 0 Å². The van der Waals surface area contributed by atoms with Crippen molar-refractivity contribution in [3.8, 4) is 0 Å². The summed E-state index contributed by atoms with van der Waals surface area (Å²) in [6, 6.07) is 2.96. The van der Waals surface area contributed by atoms with E-state index in [1.165, 1.54) is 18.4 Å². The minimum absolute atomic E-state index is 0.0122. The second-order valence-corrected chi connectivity index (χ2v) is 6.37. The molecule has 0 bridgehead atoms. The molecule has 24 heavy (non-hydrogen) atoms. The molecule has 0 N–H and O–H groups in total. The normalized spacial score (nSPS) is 11.2. The van der Waals surface area contributed by atoms with Crippen LogP contribution in [0.15, 0.2) is 27.6 Å². The van der Waals surface area contributed by atoms with Crippen LogP contribution in [0.5, 0.6) is 0 Å². The summed E-state index contributed by atoms with van der Waals surface area (Å²) in [6.45, 7) is 6.58. The molecule has 0 atom stereocenters. The van der Waals surface area contributed by atoms with Crippen LogP contribution in [0, 0.1) is 0 Å². The van der Waals surface area contributed by atoms with Crippen LogP contribution in [-0.4, -0.2) is 48.9 Å². The van der Waals surface area contributed by atoms with Gasteiger partial charge in [0.15, 0.2) is 5.58 Å². The maximum absolute atomic E-state index is 12.7. The summed E-state index contributed by atoms with van der Waals surface area (Å²) >= 11 is 12.0. The van der Waals surface area contributed by atoms with Gasteiger partial charge in [0.05, 0.1) is 10.4 Å². The van der Waals surface area contributed by atoms with Gasteiger partial charge >= 0.3 is 0 Å². The smallest absolute Gasteiger partial charge is 0.261 e. The van der Waals surface area contributed by atoms with E-state index in [0.717, 1.165) is 13.1 Å². The molecule has 1 aromatic heterocycles. The zero-order chi connectivity index (χ0) is 17.9. The van der Waals surface area contributed by atoms with E-state index in [2.05, 4.69) is 4.90 Å². The van der Waals surface area contributed by atoms with Gasteiger partial charge < -0.3 is 14.2 Å². The third kappa shape index (κ3) is 3.91. The summed E-state index contributed by atoms with van der Waals surface area (Å²) in [5.41, 5.74) is -0.203. The Morgan fingerprint density at radius 3 is 2.50 bits per heavy atom. The molecule has 0 fully saturated rings. The van der Waals surface area contributed by atoms with E-state index >= 15 is 0 Å². The van der Waals surface area contributed by atoms with Gasteiger partial charge in [-0.25, -0.2) is 0 Å². The minimum Gasteiger partial charge on any atom is -0.462 e. The molecule has 0 radical (unpaired) electrons. The van der Waals surface area contributed by atoms with Crippen LogP contribution in [0.3, 0.4) is 0 Å². The lowest BCUT2D eigenvalue weighted by molar-refractivity contribution is 0.0747. The minimum atomic E-state index is -0.423. The Labute approximate surface area is 150 Å². The van der Waals surface area contributed by atoms with Crippen molar-refractivity contribution in [2.24, 2.45) is 0 Å². The SMILES string of the molecule is CCN(C)CCN(CC)C(=O)c1coc2c(Cl)cc(Cl)cc2c1=O. The quantitative estimate of drug-likeness (QED) is 0.780. The Bertz CT molecular complexity index is 804. The van der Waals surface area contributed by atoms with Crippen LogP contribution in [0.2, 0.25) is 10.0 Å². The lowest BCUT2D eigenvalue weighted by atomic mass is 10.1. The number of benzene rings is 1. The van der Waals surface area contributed by atoms with E-state index in [-0.39, 0.29) is 27.5 Å². The number of nitrogens with zero attached hydrogens (tertiary/aromatic N) is 2. The van der Waals surface area contributed by atoms with Crippen LogP contribution in [0.4, 0.5) is 0 Å². The third-order valence-corrected chi connectivity index (χ3v) is 4.48. The highest BCUT2D eigenvalue weighted by atomic mass is 35.5. The molecule has 7 heteroatoms. The van der Waals surface area contributed by atoms with Gasteiger partial charge in [0.25, 0.3) is 5.91 Å². The van der Waals surface area contributed by atoms with Gasteiger partial charge in [-0.05, 0) is 32.6 Å². The fourth-order valence-corrected chi connectivity index (χ4v) is 2.87. The number of amides is 1. The summed E-state index contributed by atoms with van der Waals surface area (Å²) in [6.07, 6.45) is 1.18. The van der Waals surface area contributed by atoms with Crippen molar-refractivity contribution in [1.82, 2.24) is 9.80 Å². The number of hydrogen-bond acceptors (Lipinski definition) is 4. The molecule has 5 nitrogen and oxygen atoms in total. The van der Waals surface area contributed by atoms with E-state index in [1.54, 1.807) is 4.90 Å². The van der Waals surface area contributed by atoms with Gasteiger partial charge in [0.1, 0.15) is 11.8 Å². The first-order valence-electron chi connectivity index (χ1n) is 7.77. The third-order valence-electron chi connectivity index (χ3n) is 3.98. The second kappa shape index (κ2) is 8.01. The second-order valence-electron chi connectivity index (χ2n) is 5.52. The van der Waals surface area contributed by atoms with Crippen molar-refractivity contribution >= 4 is 40.1 Å². The number of carbonyl (C=O) groups excluding carboxylic acids is 1. The van der Waals surface area contributed by atoms with Gasteiger partial charge in [-0.15, -0.1) is 0 Å². The van der Waals surface area contributed by atoms with Crippen LogP contribution in [0.1, 0.15) is 24.2 Å². The van der Waals surface area contributed by atoms with Crippen molar-refractivity contribution in [2.75, 3.05) is 33.2 Å². The number of hydrogen-bond donors (Lipinski definition) is 0. The Balaban J connectivity index is 2.38. The van der Waals surface area contributed by atoms with Crippen LogP contribution in [0.25, 0.3) is 11.0 Å². The Morgan fingerprint density at radius 1 is 1.17 bits per heavy atom. The molecule has 0 saturated carbocycles. The molecule has 2 rings (SSSR count).